The Morgan fingerprint density at radius 3 is 2.93 bits per heavy atom. The van der Waals surface area contributed by atoms with E-state index in [1.54, 1.807) is 0 Å². The van der Waals surface area contributed by atoms with Crippen molar-refractivity contribution >= 4 is 22.4 Å². The van der Waals surface area contributed by atoms with E-state index in [9.17, 15) is 0 Å². The van der Waals surface area contributed by atoms with Crippen LogP contribution in [0.5, 0.6) is 5.75 Å². The van der Waals surface area contributed by atoms with Crippen molar-refractivity contribution in [2.75, 3.05) is 24.2 Å². The number of nitrogens with zero attached hydrogens (tertiary/aromatic N) is 1. The quantitative estimate of drug-likeness (QED) is 0.683. The van der Waals surface area contributed by atoms with Crippen molar-refractivity contribution in [2.45, 2.75) is 20.0 Å². The molecule has 0 aliphatic carbocycles. The van der Waals surface area contributed by atoms with Crippen molar-refractivity contribution in [3.8, 4) is 5.75 Å². The topological polar surface area (TPSA) is 80.4 Å². The lowest BCUT2D eigenvalue weighted by atomic mass is 10.4. The minimum absolute atomic E-state index is 0.0587. The van der Waals surface area contributed by atoms with Gasteiger partial charge in [-0.1, -0.05) is 0 Å². The summed E-state index contributed by atoms with van der Waals surface area (Å²) >= 11 is 1.24. The molecule has 14 heavy (non-hydrogen) atoms. The number of rotatable bonds is 5. The first-order valence-electron chi connectivity index (χ1n) is 4.41. The number of aliphatic hydroxyl groups is 1. The number of anilines is 2. The predicted molar refractivity (Wildman–Crippen MR) is 57.9 cm³/mol. The van der Waals surface area contributed by atoms with Gasteiger partial charge in [0, 0.05) is 6.54 Å². The van der Waals surface area contributed by atoms with E-state index >= 15 is 0 Å². The van der Waals surface area contributed by atoms with Gasteiger partial charge in [0.1, 0.15) is 0 Å². The number of hydrogen-bond donors (Lipinski definition) is 3. The Kier molecular flexibility index (Phi) is 3.97. The molecule has 0 aliphatic heterocycles. The Labute approximate surface area is 87.1 Å². The largest absolute Gasteiger partial charge is 0.484 e. The molecule has 0 bridgehead atoms. The monoisotopic (exact) mass is 217 g/mol. The summed E-state index contributed by atoms with van der Waals surface area (Å²) < 4.78 is 9.46. The van der Waals surface area contributed by atoms with Crippen molar-refractivity contribution in [3.63, 3.8) is 0 Å². The zero-order chi connectivity index (χ0) is 10.6. The summed E-state index contributed by atoms with van der Waals surface area (Å²) in [5.74, 6) is 0.975. The number of hydrogen-bond acceptors (Lipinski definition) is 6. The molecule has 0 amide bonds. The van der Waals surface area contributed by atoms with Crippen LogP contribution in [-0.4, -0.2) is 28.7 Å². The number of nitrogens with one attached hydrogen (secondary N) is 1. The van der Waals surface area contributed by atoms with E-state index in [0.717, 1.165) is 5.00 Å². The summed E-state index contributed by atoms with van der Waals surface area (Å²) in [6, 6.07) is 0. The van der Waals surface area contributed by atoms with Crippen LogP contribution in [0.15, 0.2) is 0 Å². The fourth-order valence-electron chi connectivity index (χ4n) is 0.926. The molecule has 80 valence electrons. The molecule has 1 aromatic heterocycles. The van der Waals surface area contributed by atoms with Gasteiger partial charge in [-0.25, -0.2) is 0 Å². The predicted octanol–water partition coefficient (Wildman–Crippen LogP) is 0.917. The highest BCUT2D eigenvalue weighted by Crippen LogP contribution is 2.35. The Balaban J connectivity index is 2.72. The van der Waals surface area contributed by atoms with Gasteiger partial charge in [0.05, 0.1) is 12.7 Å². The number of nitrogen functional groups attached to an aromatic ring is 1. The lowest BCUT2D eigenvalue weighted by molar-refractivity contribution is 0.245. The van der Waals surface area contributed by atoms with Gasteiger partial charge in [-0.3, -0.25) is 0 Å². The highest BCUT2D eigenvalue weighted by molar-refractivity contribution is 7.11. The minimum Gasteiger partial charge on any atom is -0.484 e. The highest BCUT2D eigenvalue weighted by Gasteiger charge is 2.13. The molecular weight excluding hydrogens is 202 g/mol. The summed E-state index contributed by atoms with van der Waals surface area (Å²) in [5, 5.41) is 12.4. The van der Waals surface area contributed by atoms with Crippen molar-refractivity contribution in [1.29, 1.82) is 0 Å². The second-order valence-electron chi connectivity index (χ2n) is 3.04. The van der Waals surface area contributed by atoms with Gasteiger partial charge in [-0.2, -0.15) is 4.37 Å². The Hall–Kier alpha value is -1.01. The molecule has 0 saturated carbocycles. The molecule has 0 spiro atoms. The number of ether oxygens (including phenoxy) is 1. The fourth-order valence-corrected chi connectivity index (χ4v) is 1.60. The maximum atomic E-state index is 8.66. The van der Waals surface area contributed by atoms with E-state index < -0.39 is 0 Å². The Morgan fingerprint density at radius 1 is 1.64 bits per heavy atom. The third kappa shape index (κ3) is 2.74. The highest BCUT2D eigenvalue weighted by atomic mass is 32.1. The standard InChI is InChI=1S/C8H15N3O2S/c1-5(2)13-6-7(9)11-14-8(6)10-3-4-12/h5,10,12H,3-4H2,1-2H3,(H2,9,11). The van der Waals surface area contributed by atoms with Gasteiger partial charge in [-0.15, -0.1) is 0 Å². The van der Waals surface area contributed by atoms with Gasteiger partial charge >= 0.3 is 0 Å². The zero-order valence-electron chi connectivity index (χ0n) is 8.28. The molecule has 0 unspecified atom stereocenters. The maximum absolute atomic E-state index is 8.66. The SMILES string of the molecule is CC(C)Oc1c(N)nsc1NCCO. The van der Waals surface area contributed by atoms with E-state index in [-0.39, 0.29) is 12.7 Å². The van der Waals surface area contributed by atoms with E-state index in [2.05, 4.69) is 9.69 Å². The molecule has 0 saturated heterocycles. The van der Waals surface area contributed by atoms with Crippen molar-refractivity contribution < 1.29 is 9.84 Å². The van der Waals surface area contributed by atoms with E-state index in [4.69, 9.17) is 15.6 Å². The normalized spacial score (nSPS) is 10.6. The van der Waals surface area contributed by atoms with E-state index in [0.29, 0.717) is 18.1 Å². The molecule has 1 aromatic rings. The van der Waals surface area contributed by atoms with Crippen molar-refractivity contribution in [2.24, 2.45) is 0 Å². The van der Waals surface area contributed by atoms with Crippen LogP contribution in [-0.2, 0) is 0 Å². The molecule has 1 rings (SSSR count). The second-order valence-corrected chi connectivity index (χ2v) is 3.82. The summed E-state index contributed by atoms with van der Waals surface area (Å²) in [6.07, 6.45) is 0.0587. The van der Waals surface area contributed by atoms with Crippen LogP contribution in [0.3, 0.4) is 0 Å². The van der Waals surface area contributed by atoms with Gasteiger partial charge in [0.2, 0.25) is 0 Å². The van der Waals surface area contributed by atoms with Crippen LogP contribution < -0.4 is 15.8 Å². The molecule has 0 aromatic carbocycles. The Bertz CT molecular complexity index is 288. The number of aromatic nitrogens is 1. The summed E-state index contributed by atoms with van der Waals surface area (Å²) in [6.45, 7) is 4.38. The minimum atomic E-state index is 0.0587. The van der Waals surface area contributed by atoms with Crippen LogP contribution >= 0.6 is 11.5 Å². The molecule has 1 heterocycles. The van der Waals surface area contributed by atoms with Gasteiger partial charge in [-0.05, 0) is 25.4 Å². The Morgan fingerprint density at radius 2 is 2.36 bits per heavy atom. The average molecular weight is 217 g/mol. The molecule has 0 fully saturated rings. The van der Waals surface area contributed by atoms with Gasteiger partial charge in [0.15, 0.2) is 16.6 Å². The van der Waals surface area contributed by atoms with Crippen LogP contribution in [0.1, 0.15) is 13.8 Å². The van der Waals surface area contributed by atoms with E-state index in [1.807, 2.05) is 13.8 Å². The maximum Gasteiger partial charge on any atom is 0.197 e. The number of aliphatic hydroxyl groups excluding tert-OH is 1. The molecule has 0 radical (unpaired) electrons. The van der Waals surface area contributed by atoms with Crippen LogP contribution in [0.2, 0.25) is 0 Å². The van der Waals surface area contributed by atoms with Gasteiger partial charge < -0.3 is 20.9 Å². The average Bonchev–Trinajstić information content (AvgIpc) is 2.45. The van der Waals surface area contributed by atoms with Crippen molar-refractivity contribution in [1.82, 2.24) is 4.37 Å². The fraction of sp³-hybridized carbons (Fsp3) is 0.625. The van der Waals surface area contributed by atoms with Gasteiger partial charge in [0.25, 0.3) is 0 Å². The third-order valence-corrected chi connectivity index (χ3v) is 2.23. The molecule has 0 atom stereocenters. The smallest absolute Gasteiger partial charge is 0.197 e. The first-order valence-corrected chi connectivity index (χ1v) is 5.19. The van der Waals surface area contributed by atoms with Crippen molar-refractivity contribution in [3.05, 3.63) is 0 Å². The molecule has 4 N–H and O–H groups in total. The third-order valence-electron chi connectivity index (χ3n) is 1.43. The zero-order valence-corrected chi connectivity index (χ0v) is 9.10. The second kappa shape index (κ2) is 5.02. The molecule has 0 aliphatic rings. The van der Waals surface area contributed by atoms with Crippen LogP contribution in [0, 0.1) is 0 Å². The lowest BCUT2D eigenvalue weighted by Gasteiger charge is -2.10. The summed E-state index contributed by atoms with van der Waals surface area (Å²) in [7, 11) is 0. The van der Waals surface area contributed by atoms with Crippen LogP contribution in [0.25, 0.3) is 0 Å². The summed E-state index contributed by atoms with van der Waals surface area (Å²) in [5.41, 5.74) is 5.63. The molecular formula is C8H15N3O2S. The summed E-state index contributed by atoms with van der Waals surface area (Å²) in [4.78, 5) is 0. The lowest BCUT2D eigenvalue weighted by Crippen LogP contribution is -2.10. The molecule has 6 heteroatoms. The first-order chi connectivity index (χ1) is 6.65. The van der Waals surface area contributed by atoms with E-state index in [1.165, 1.54) is 11.5 Å². The van der Waals surface area contributed by atoms with Crippen LogP contribution in [0.4, 0.5) is 10.8 Å². The number of nitrogens with two attached hydrogens (primary N) is 1. The molecule has 5 nitrogen and oxygen atoms in total. The first kappa shape index (κ1) is 11.1.